The molecule has 1 fully saturated rings. The summed E-state index contributed by atoms with van der Waals surface area (Å²) in [6.45, 7) is 0. The Labute approximate surface area is 93.2 Å². The number of carboxylic acid groups (broad SMARTS) is 2. The van der Waals surface area contributed by atoms with Gasteiger partial charge in [0.1, 0.15) is 12.2 Å². The first kappa shape index (κ1) is 12.6. The minimum absolute atomic E-state index is 0.261. The molecule has 0 aromatic rings. The SMILES string of the molecule is O=C(O)OC1CCCC(OC(=O)O)CCC1. The van der Waals surface area contributed by atoms with Gasteiger partial charge in [0.2, 0.25) is 0 Å². The van der Waals surface area contributed by atoms with Gasteiger partial charge in [0, 0.05) is 0 Å². The van der Waals surface area contributed by atoms with Gasteiger partial charge >= 0.3 is 12.3 Å². The predicted octanol–water partition coefficient (Wildman–Crippen LogP) is 2.47. The number of ether oxygens (including phenoxy) is 2. The molecule has 2 N–H and O–H groups in total. The molecular formula is C10H16O6. The normalized spacial score (nSPS) is 26.2. The average molecular weight is 232 g/mol. The van der Waals surface area contributed by atoms with Crippen LogP contribution < -0.4 is 0 Å². The first-order chi connectivity index (χ1) is 7.58. The zero-order chi connectivity index (χ0) is 12.0. The van der Waals surface area contributed by atoms with Crippen LogP contribution >= 0.6 is 0 Å². The summed E-state index contributed by atoms with van der Waals surface area (Å²) in [6.07, 6.45) is 0.945. The van der Waals surface area contributed by atoms with Gasteiger partial charge in [0.15, 0.2) is 0 Å². The predicted molar refractivity (Wildman–Crippen MR) is 53.5 cm³/mol. The van der Waals surface area contributed by atoms with Gasteiger partial charge < -0.3 is 19.7 Å². The highest BCUT2D eigenvalue weighted by Gasteiger charge is 2.21. The molecule has 0 atom stereocenters. The van der Waals surface area contributed by atoms with E-state index >= 15 is 0 Å². The maximum Gasteiger partial charge on any atom is 0.506 e. The van der Waals surface area contributed by atoms with Crippen LogP contribution in [0, 0.1) is 0 Å². The smallest absolute Gasteiger partial charge is 0.450 e. The monoisotopic (exact) mass is 232 g/mol. The van der Waals surface area contributed by atoms with Crippen LogP contribution in [0.15, 0.2) is 0 Å². The summed E-state index contributed by atoms with van der Waals surface area (Å²) in [7, 11) is 0. The van der Waals surface area contributed by atoms with Crippen LogP contribution in [0.2, 0.25) is 0 Å². The quantitative estimate of drug-likeness (QED) is 0.710. The highest BCUT2D eigenvalue weighted by molar-refractivity contribution is 5.57. The molecule has 0 saturated heterocycles. The lowest BCUT2D eigenvalue weighted by atomic mass is 9.96. The molecule has 1 aliphatic rings. The number of hydrogen-bond donors (Lipinski definition) is 2. The van der Waals surface area contributed by atoms with Crippen molar-refractivity contribution in [2.45, 2.75) is 50.7 Å². The lowest BCUT2D eigenvalue weighted by molar-refractivity contribution is 0.0184. The van der Waals surface area contributed by atoms with Gasteiger partial charge in [-0.2, -0.15) is 0 Å². The van der Waals surface area contributed by atoms with E-state index in [0.717, 1.165) is 12.8 Å². The van der Waals surface area contributed by atoms with Crippen molar-refractivity contribution in [3.63, 3.8) is 0 Å². The van der Waals surface area contributed by atoms with Crippen LogP contribution in [0.25, 0.3) is 0 Å². The van der Waals surface area contributed by atoms with Crippen LogP contribution in [0.4, 0.5) is 9.59 Å². The van der Waals surface area contributed by atoms with Gasteiger partial charge in [-0.05, 0) is 38.5 Å². The van der Waals surface area contributed by atoms with Crippen molar-refractivity contribution in [1.82, 2.24) is 0 Å². The molecule has 6 heteroatoms. The van der Waals surface area contributed by atoms with Gasteiger partial charge in [-0.15, -0.1) is 0 Å². The van der Waals surface area contributed by atoms with Crippen molar-refractivity contribution in [2.24, 2.45) is 0 Å². The molecule has 1 rings (SSSR count). The van der Waals surface area contributed by atoms with Crippen molar-refractivity contribution in [1.29, 1.82) is 0 Å². The fraction of sp³-hybridized carbons (Fsp3) is 0.800. The van der Waals surface area contributed by atoms with Gasteiger partial charge in [-0.3, -0.25) is 0 Å². The Morgan fingerprint density at radius 3 is 1.38 bits per heavy atom. The fourth-order valence-corrected chi connectivity index (χ4v) is 1.96. The molecule has 0 aromatic heterocycles. The summed E-state index contributed by atoms with van der Waals surface area (Å²) < 4.78 is 9.41. The van der Waals surface area contributed by atoms with E-state index < -0.39 is 12.3 Å². The molecular weight excluding hydrogens is 216 g/mol. The number of carbonyl (C=O) groups is 2. The molecule has 1 saturated carbocycles. The molecule has 92 valence electrons. The van der Waals surface area contributed by atoms with Crippen molar-refractivity contribution < 1.29 is 29.3 Å². The zero-order valence-corrected chi connectivity index (χ0v) is 8.92. The van der Waals surface area contributed by atoms with Gasteiger partial charge in [0.05, 0.1) is 0 Å². The maximum atomic E-state index is 10.4. The summed E-state index contributed by atoms with van der Waals surface area (Å²) in [5.41, 5.74) is 0. The number of rotatable bonds is 2. The van der Waals surface area contributed by atoms with Crippen LogP contribution in [0.5, 0.6) is 0 Å². The van der Waals surface area contributed by atoms with E-state index in [0.29, 0.717) is 25.7 Å². The van der Waals surface area contributed by atoms with Crippen molar-refractivity contribution in [2.75, 3.05) is 0 Å². The molecule has 0 bridgehead atoms. The molecule has 0 unspecified atom stereocenters. The lowest BCUT2D eigenvalue weighted by Gasteiger charge is -2.22. The Bertz CT molecular complexity index is 218. The molecule has 16 heavy (non-hydrogen) atoms. The summed E-state index contributed by atoms with van der Waals surface area (Å²) in [5.74, 6) is 0. The Hall–Kier alpha value is -1.46. The third kappa shape index (κ3) is 4.86. The van der Waals surface area contributed by atoms with E-state index in [1.165, 1.54) is 0 Å². The van der Waals surface area contributed by atoms with Crippen molar-refractivity contribution >= 4 is 12.3 Å². The summed E-state index contributed by atoms with van der Waals surface area (Å²) >= 11 is 0. The van der Waals surface area contributed by atoms with Crippen LogP contribution in [-0.2, 0) is 9.47 Å². The maximum absolute atomic E-state index is 10.4. The number of hydrogen-bond acceptors (Lipinski definition) is 4. The Morgan fingerprint density at radius 1 is 0.812 bits per heavy atom. The average Bonchev–Trinajstić information content (AvgIpc) is 2.11. The Kier molecular flexibility index (Phi) is 4.88. The minimum atomic E-state index is -1.25. The lowest BCUT2D eigenvalue weighted by Crippen LogP contribution is -2.23. The molecule has 1 aliphatic carbocycles. The zero-order valence-electron chi connectivity index (χ0n) is 8.92. The van der Waals surface area contributed by atoms with E-state index in [9.17, 15) is 9.59 Å². The highest BCUT2D eigenvalue weighted by Crippen LogP contribution is 2.22. The molecule has 0 radical (unpaired) electrons. The Morgan fingerprint density at radius 2 is 1.12 bits per heavy atom. The first-order valence-electron chi connectivity index (χ1n) is 5.37. The first-order valence-corrected chi connectivity index (χ1v) is 5.37. The standard InChI is InChI=1S/C10H16O6/c11-9(12)15-7-3-1-4-8(6-2-5-7)16-10(13)14/h7-8H,1-6H2,(H,11,12)(H,13,14). The summed E-state index contributed by atoms with van der Waals surface area (Å²) in [6, 6.07) is 0. The third-order valence-corrected chi connectivity index (χ3v) is 2.64. The second-order valence-electron chi connectivity index (χ2n) is 3.87. The molecule has 0 aromatic carbocycles. The van der Waals surface area contributed by atoms with E-state index in [1.54, 1.807) is 0 Å². The molecule has 0 amide bonds. The van der Waals surface area contributed by atoms with Crippen molar-refractivity contribution in [3.8, 4) is 0 Å². The van der Waals surface area contributed by atoms with Crippen LogP contribution in [-0.4, -0.2) is 34.7 Å². The molecule has 0 spiro atoms. The highest BCUT2D eigenvalue weighted by atomic mass is 16.7. The van der Waals surface area contributed by atoms with Crippen LogP contribution in [0.1, 0.15) is 38.5 Å². The van der Waals surface area contributed by atoms with Gasteiger partial charge in [-0.1, -0.05) is 0 Å². The second kappa shape index (κ2) is 6.19. The second-order valence-corrected chi connectivity index (χ2v) is 3.87. The molecule has 0 heterocycles. The molecule has 6 nitrogen and oxygen atoms in total. The minimum Gasteiger partial charge on any atom is -0.450 e. The van der Waals surface area contributed by atoms with E-state index in [1.807, 2.05) is 0 Å². The fourth-order valence-electron chi connectivity index (χ4n) is 1.96. The topological polar surface area (TPSA) is 93.1 Å². The van der Waals surface area contributed by atoms with Gasteiger partial charge in [0.25, 0.3) is 0 Å². The van der Waals surface area contributed by atoms with E-state index in [2.05, 4.69) is 0 Å². The van der Waals surface area contributed by atoms with Crippen molar-refractivity contribution in [3.05, 3.63) is 0 Å². The van der Waals surface area contributed by atoms with E-state index in [4.69, 9.17) is 19.7 Å². The largest absolute Gasteiger partial charge is 0.506 e. The summed E-state index contributed by atoms with van der Waals surface area (Å²) in [5, 5.41) is 16.9. The third-order valence-electron chi connectivity index (χ3n) is 2.64. The van der Waals surface area contributed by atoms with E-state index in [-0.39, 0.29) is 12.2 Å². The van der Waals surface area contributed by atoms with Crippen LogP contribution in [0.3, 0.4) is 0 Å². The Balaban J connectivity index is 2.31. The summed E-state index contributed by atoms with van der Waals surface area (Å²) in [4.78, 5) is 20.7. The molecule has 0 aliphatic heterocycles. The van der Waals surface area contributed by atoms with Gasteiger partial charge in [-0.25, -0.2) is 9.59 Å².